The first-order chi connectivity index (χ1) is 12.4. The molecule has 0 aromatic heterocycles. The van der Waals surface area contributed by atoms with Gasteiger partial charge in [0.2, 0.25) is 0 Å². The lowest BCUT2D eigenvalue weighted by molar-refractivity contribution is 0.103. The van der Waals surface area contributed by atoms with Crippen LogP contribution >= 0.6 is 0 Å². The van der Waals surface area contributed by atoms with Gasteiger partial charge in [0.1, 0.15) is 8.07 Å². The fraction of sp³-hybridized carbons (Fsp3) is 0.174. The van der Waals surface area contributed by atoms with Crippen LogP contribution in [-0.4, -0.2) is 28.0 Å². The minimum Gasteiger partial charge on any atom is -0.378 e. The van der Waals surface area contributed by atoms with Gasteiger partial charge in [0, 0.05) is 30.9 Å². The average molecular weight is 360 g/mol. The molecule has 3 heteroatoms. The third-order valence-corrected chi connectivity index (χ3v) is 8.54. The molecule has 3 aromatic rings. The summed E-state index contributed by atoms with van der Waals surface area (Å²) in [6.45, 7) is 4.69. The second-order valence-electron chi connectivity index (χ2n) is 7.34. The number of carbonyl (C=O) groups excluding carboxylic acids is 1. The van der Waals surface area contributed by atoms with Crippen LogP contribution in [0.25, 0.3) is 0 Å². The van der Waals surface area contributed by atoms with Crippen molar-refractivity contribution in [3.05, 3.63) is 90.0 Å². The lowest BCUT2D eigenvalue weighted by atomic mass is 10.0. The van der Waals surface area contributed by atoms with Crippen LogP contribution < -0.4 is 15.3 Å². The summed E-state index contributed by atoms with van der Waals surface area (Å²) in [5.74, 6) is 0.0689. The van der Waals surface area contributed by atoms with Crippen LogP contribution in [0.5, 0.6) is 0 Å². The van der Waals surface area contributed by atoms with Gasteiger partial charge in [-0.2, -0.15) is 0 Å². The molecule has 0 amide bonds. The third-order valence-electron chi connectivity index (χ3n) is 4.99. The molecule has 0 radical (unpaired) electrons. The van der Waals surface area contributed by atoms with Crippen LogP contribution in [-0.2, 0) is 0 Å². The van der Waals surface area contributed by atoms with Gasteiger partial charge in [-0.3, -0.25) is 4.79 Å². The minimum absolute atomic E-state index is 0.0689. The maximum absolute atomic E-state index is 12.8. The lowest BCUT2D eigenvalue weighted by Crippen LogP contribution is -2.52. The molecule has 0 saturated heterocycles. The van der Waals surface area contributed by atoms with Gasteiger partial charge in [0.15, 0.2) is 5.78 Å². The molecule has 0 N–H and O–H groups in total. The maximum Gasteiger partial charge on any atom is 0.193 e. The second kappa shape index (κ2) is 7.30. The fourth-order valence-electron chi connectivity index (χ4n) is 3.15. The van der Waals surface area contributed by atoms with Crippen molar-refractivity contribution in [2.24, 2.45) is 0 Å². The summed E-state index contributed by atoms with van der Waals surface area (Å²) >= 11 is 0. The van der Waals surface area contributed by atoms with Crippen molar-refractivity contribution >= 4 is 29.9 Å². The Morgan fingerprint density at radius 2 is 1.35 bits per heavy atom. The van der Waals surface area contributed by atoms with E-state index in [-0.39, 0.29) is 5.78 Å². The van der Waals surface area contributed by atoms with Gasteiger partial charge in [0.25, 0.3) is 0 Å². The molecule has 0 unspecified atom stereocenters. The molecule has 0 spiro atoms. The van der Waals surface area contributed by atoms with E-state index in [1.807, 2.05) is 55.4 Å². The minimum atomic E-state index is -1.73. The Morgan fingerprint density at radius 1 is 0.731 bits per heavy atom. The first-order valence-electron chi connectivity index (χ1n) is 8.88. The quantitative estimate of drug-likeness (QED) is 0.510. The normalized spacial score (nSPS) is 11.2. The topological polar surface area (TPSA) is 20.3 Å². The number of anilines is 1. The highest BCUT2D eigenvalue weighted by atomic mass is 28.3. The monoisotopic (exact) mass is 359 g/mol. The number of ketones is 1. The van der Waals surface area contributed by atoms with E-state index in [2.05, 4.69) is 55.6 Å². The van der Waals surface area contributed by atoms with Crippen molar-refractivity contribution in [1.29, 1.82) is 0 Å². The highest BCUT2D eigenvalue weighted by Gasteiger charge is 2.25. The highest BCUT2D eigenvalue weighted by Crippen LogP contribution is 2.17. The van der Waals surface area contributed by atoms with E-state index in [4.69, 9.17) is 0 Å². The van der Waals surface area contributed by atoms with Crippen molar-refractivity contribution < 1.29 is 4.79 Å². The van der Waals surface area contributed by atoms with Crippen LogP contribution in [0.3, 0.4) is 0 Å². The van der Waals surface area contributed by atoms with E-state index in [1.165, 1.54) is 10.4 Å². The molecule has 0 aliphatic rings. The van der Waals surface area contributed by atoms with Gasteiger partial charge in [0.05, 0.1) is 0 Å². The van der Waals surface area contributed by atoms with Crippen LogP contribution in [0.4, 0.5) is 5.69 Å². The largest absolute Gasteiger partial charge is 0.378 e. The molecule has 3 rings (SSSR count). The molecule has 3 aromatic carbocycles. The molecule has 0 saturated carbocycles. The summed E-state index contributed by atoms with van der Waals surface area (Å²) in [7, 11) is 2.23. The standard InChI is InChI=1S/C23H25NOSi/c1-24(2)20-10-8-9-19(17-20)23(25)18-13-15-22(16-14-18)26(3,4)21-11-6-5-7-12-21/h5-17H,1-4H3. The Balaban J connectivity index is 1.88. The smallest absolute Gasteiger partial charge is 0.193 e. The van der Waals surface area contributed by atoms with Gasteiger partial charge in [-0.1, -0.05) is 90.2 Å². The molecular formula is C23H25NOSi. The fourth-order valence-corrected chi connectivity index (χ4v) is 5.51. The highest BCUT2D eigenvalue weighted by molar-refractivity contribution is 7.00. The Bertz CT molecular complexity index is 899. The van der Waals surface area contributed by atoms with Gasteiger partial charge < -0.3 is 4.90 Å². The number of nitrogens with zero attached hydrogens (tertiary/aromatic N) is 1. The number of hydrogen-bond donors (Lipinski definition) is 0. The Hall–Kier alpha value is -2.65. The molecule has 0 bridgehead atoms. The number of hydrogen-bond acceptors (Lipinski definition) is 2. The maximum atomic E-state index is 12.8. The Morgan fingerprint density at radius 3 is 1.96 bits per heavy atom. The van der Waals surface area contributed by atoms with E-state index in [0.717, 1.165) is 16.8 Å². The van der Waals surface area contributed by atoms with Gasteiger partial charge >= 0.3 is 0 Å². The van der Waals surface area contributed by atoms with Crippen molar-refractivity contribution in [2.45, 2.75) is 13.1 Å². The van der Waals surface area contributed by atoms with Gasteiger partial charge in [-0.05, 0) is 12.1 Å². The van der Waals surface area contributed by atoms with Gasteiger partial charge in [-0.15, -0.1) is 0 Å². The zero-order valence-corrected chi connectivity index (χ0v) is 16.9. The van der Waals surface area contributed by atoms with Crippen LogP contribution in [0.1, 0.15) is 15.9 Å². The van der Waals surface area contributed by atoms with Crippen LogP contribution in [0, 0.1) is 0 Å². The van der Waals surface area contributed by atoms with Crippen molar-refractivity contribution in [3.8, 4) is 0 Å². The predicted octanol–water partition coefficient (Wildman–Crippen LogP) is 3.81. The third kappa shape index (κ3) is 3.63. The predicted molar refractivity (Wildman–Crippen MR) is 114 cm³/mol. The molecule has 132 valence electrons. The first kappa shape index (κ1) is 18.1. The van der Waals surface area contributed by atoms with Crippen molar-refractivity contribution in [3.63, 3.8) is 0 Å². The Kier molecular flexibility index (Phi) is 5.10. The molecule has 2 nitrogen and oxygen atoms in total. The summed E-state index contributed by atoms with van der Waals surface area (Å²) in [6, 6.07) is 26.6. The van der Waals surface area contributed by atoms with Crippen molar-refractivity contribution in [2.75, 3.05) is 19.0 Å². The molecule has 0 heterocycles. The molecule has 26 heavy (non-hydrogen) atoms. The van der Waals surface area contributed by atoms with E-state index in [9.17, 15) is 4.79 Å². The van der Waals surface area contributed by atoms with E-state index < -0.39 is 8.07 Å². The van der Waals surface area contributed by atoms with E-state index in [0.29, 0.717) is 0 Å². The molecule has 0 fully saturated rings. The van der Waals surface area contributed by atoms with E-state index in [1.54, 1.807) is 0 Å². The first-order valence-corrected chi connectivity index (χ1v) is 11.9. The summed E-state index contributed by atoms with van der Waals surface area (Å²) in [6.07, 6.45) is 0. The zero-order chi connectivity index (χ0) is 18.7. The van der Waals surface area contributed by atoms with Crippen LogP contribution in [0.2, 0.25) is 13.1 Å². The number of benzene rings is 3. The SMILES string of the molecule is CN(C)c1cccc(C(=O)c2ccc([Si](C)(C)c3ccccc3)cc2)c1. The summed E-state index contributed by atoms with van der Waals surface area (Å²) in [4.78, 5) is 14.9. The van der Waals surface area contributed by atoms with E-state index >= 15 is 0 Å². The van der Waals surface area contributed by atoms with Crippen molar-refractivity contribution in [1.82, 2.24) is 0 Å². The summed E-state index contributed by atoms with van der Waals surface area (Å²) < 4.78 is 0. The van der Waals surface area contributed by atoms with Crippen LogP contribution in [0.15, 0.2) is 78.9 Å². The molecular weight excluding hydrogens is 334 g/mol. The molecule has 0 atom stereocenters. The zero-order valence-electron chi connectivity index (χ0n) is 15.9. The second-order valence-corrected chi connectivity index (χ2v) is 11.7. The summed E-state index contributed by atoms with van der Waals surface area (Å²) in [5, 5.41) is 2.74. The molecule has 0 aliphatic heterocycles. The average Bonchev–Trinajstić information content (AvgIpc) is 2.68. The number of carbonyl (C=O) groups is 1. The summed E-state index contributed by atoms with van der Waals surface area (Å²) in [5.41, 5.74) is 2.50. The Labute approximate surface area is 157 Å². The molecule has 0 aliphatic carbocycles. The number of rotatable bonds is 5. The van der Waals surface area contributed by atoms with Gasteiger partial charge in [-0.25, -0.2) is 0 Å². The lowest BCUT2D eigenvalue weighted by Gasteiger charge is -2.23.